The second-order valence-electron chi connectivity index (χ2n) is 3.74. The molecule has 2 aromatic rings. The summed E-state index contributed by atoms with van der Waals surface area (Å²) in [6, 6.07) is 14.7. The van der Waals surface area contributed by atoms with Gasteiger partial charge >= 0.3 is 0 Å². The second-order valence-corrected chi connectivity index (χ2v) is 3.74. The van der Waals surface area contributed by atoms with E-state index in [2.05, 4.69) is 36.9 Å². The highest BCUT2D eigenvalue weighted by Crippen LogP contribution is 2.20. The number of hydrogen-bond acceptors (Lipinski definition) is 1. The van der Waals surface area contributed by atoms with E-state index >= 15 is 0 Å². The number of rotatable bonds is 3. The molecule has 0 bridgehead atoms. The molecule has 0 aliphatic rings. The normalized spacial score (nSPS) is 11.8. The van der Waals surface area contributed by atoms with Gasteiger partial charge in [-0.3, -0.25) is 0 Å². The van der Waals surface area contributed by atoms with Crippen LogP contribution in [0.15, 0.2) is 55.1 Å². The monoisotopic (exact) mass is 233 g/mol. The van der Waals surface area contributed by atoms with Gasteiger partial charge in [-0.15, -0.1) is 19.0 Å². The molecule has 0 radical (unpaired) electrons. The van der Waals surface area contributed by atoms with E-state index < -0.39 is 0 Å². The summed E-state index contributed by atoms with van der Waals surface area (Å²) in [6.07, 6.45) is 2.68. The molecular formula is C14H16ClN. The van der Waals surface area contributed by atoms with Crippen molar-refractivity contribution in [3.8, 4) is 0 Å². The third kappa shape index (κ3) is 2.63. The van der Waals surface area contributed by atoms with Crippen molar-refractivity contribution in [2.24, 2.45) is 5.73 Å². The molecule has 2 heteroatoms. The molecule has 0 spiro atoms. The van der Waals surface area contributed by atoms with E-state index in [1.807, 2.05) is 18.2 Å². The van der Waals surface area contributed by atoms with Crippen LogP contribution in [0.25, 0.3) is 10.8 Å². The van der Waals surface area contributed by atoms with Crippen molar-refractivity contribution in [3.63, 3.8) is 0 Å². The number of halogens is 1. The Kier molecular flexibility index (Phi) is 4.53. The fourth-order valence-corrected chi connectivity index (χ4v) is 1.75. The lowest BCUT2D eigenvalue weighted by Gasteiger charge is -2.10. The Morgan fingerprint density at radius 2 is 1.81 bits per heavy atom. The Morgan fingerprint density at radius 1 is 1.12 bits per heavy atom. The van der Waals surface area contributed by atoms with E-state index in [-0.39, 0.29) is 18.4 Å². The number of fused-ring (bicyclic) bond motifs is 1. The summed E-state index contributed by atoms with van der Waals surface area (Å²) in [7, 11) is 0. The zero-order valence-electron chi connectivity index (χ0n) is 9.10. The Labute approximate surface area is 102 Å². The van der Waals surface area contributed by atoms with Gasteiger partial charge in [-0.1, -0.05) is 42.5 Å². The molecule has 0 aliphatic carbocycles. The van der Waals surface area contributed by atoms with E-state index in [1.165, 1.54) is 16.3 Å². The molecule has 84 valence electrons. The van der Waals surface area contributed by atoms with Crippen LogP contribution in [0.4, 0.5) is 0 Å². The first-order valence-electron chi connectivity index (χ1n) is 5.16. The van der Waals surface area contributed by atoms with Crippen molar-refractivity contribution in [1.82, 2.24) is 0 Å². The average Bonchev–Trinajstić information content (AvgIpc) is 2.29. The van der Waals surface area contributed by atoms with Crippen molar-refractivity contribution < 1.29 is 0 Å². The molecule has 0 aliphatic heterocycles. The second kappa shape index (κ2) is 5.69. The smallest absolute Gasteiger partial charge is 0.0329 e. The summed E-state index contributed by atoms with van der Waals surface area (Å²) in [5.74, 6) is 0. The largest absolute Gasteiger partial charge is 0.324 e. The lowest BCUT2D eigenvalue weighted by molar-refractivity contribution is 0.743. The first-order chi connectivity index (χ1) is 7.31. The quantitative estimate of drug-likeness (QED) is 0.801. The van der Waals surface area contributed by atoms with Crippen LogP contribution in [0.2, 0.25) is 0 Å². The van der Waals surface area contributed by atoms with Gasteiger partial charge in [-0.05, 0) is 28.8 Å². The van der Waals surface area contributed by atoms with E-state index in [4.69, 9.17) is 5.73 Å². The Hall–Kier alpha value is -1.31. The minimum absolute atomic E-state index is 0. The van der Waals surface area contributed by atoms with Crippen LogP contribution in [0.1, 0.15) is 18.0 Å². The van der Waals surface area contributed by atoms with Crippen LogP contribution in [0.3, 0.4) is 0 Å². The van der Waals surface area contributed by atoms with Gasteiger partial charge in [0.05, 0.1) is 0 Å². The molecule has 0 aromatic heterocycles. The predicted octanol–water partition coefficient (Wildman–Crippen LogP) is 3.84. The van der Waals surface area contributed by atoms with Crippen LogP contribution in [0, 0.1) is 0 Å². The molecule has 1 atom stereocenters. The van der Waals surface area contributed by atoms with Crippen molar-refractivity contribution >= 4 is 23.2 Å². The summed E-state index contributed by atoms with van der Waals surface area (Å²) < 4.78 is 0. The molecule has 16 heavy (non-hydrogen) atoms. The number of benzene rings is 2. The number of nitrogens with two attached hydrogens (primary N) is 1. The molecule has 2 aromatic carbocycles. The first-order valence-corrected chi connectivity index (χ1v) is 5.16. The van der Waals surface area contributed by atoms with Crippen molar-refractivity contribution in [3.05, 3.63) is 60.7 Å². The molecule has 2 N–H and O–H groups in total. The summed E-state index contributed by atoms with van der Waals surface area (Å²) in [6.45, 7) is 3.71. The summed E-state index contributed by atoms with van der Waals surface area (Å²) >= 11 is 0. The molecule has 0 saturated carbocycles. The van der Waals surface area contributed by atoms with E-state index in [9.17, 15) is 0 Å². The number of hydrogen-bond donors (Lipinski definition) is 1. The zero-order chi connectivity index (χ0) is 10.7. The average molecular weight is 234 g/mol. The molecule has 0 saturated heterocycles. The van der Waals surface area contributed by atoms with E-state index in [1.54, 1.807) is 0 Å². The van der Waals surface area contributed by atoms with Gasteiger partial charge in [0.15, 0.2) is 0 Å². The molecule has 0 amide bonds. The maximum absolute atomic E-state index is 6.03. The molecule has 2 rings (SSSR count). The zero-order valence-corrected chi connectivity index (χ0v) is 9.91. The highest BCUT2D eigenvalue weighted by atomic mass is 35.5. The van der Waals surface area contributed by atoms with Crippen molar-refractivity contribution in [2.75, 3.05) is 0 Å². The topological polar surface area (TPSA) is 26.0 Å². The van der Waals surface area contributed by atoms with Gasteiger partial charge in [0.2, 0.25) is 0 Å². The molecule has 0 heterocycles. The molecular weight excluding hydrogens is 218 g/mol. The minimum atomic E-state index is 0. The highest BCUT2D eigenvalue weighted by Gasteiger charge is 2.03. The van der Waals surface area contributed by atoms with Gasteiger partial charge in [-0.25, -0.2) is 0 Å². The molecule has 0 unspecified atom stereocenters. The van der Waals surface area contributed by atoms with Crippen molar-refractivity contribution in [1.29, 1.82) is 0 Å². The lowest BCUT2D eigenvalue weighted by atomic mass is 10.0. The highest BCUT2D eigenvalue weighted by molar-refractivity contribution is 5.85. The Balaban J connectivity index is 0.00000128. The first kappa shape index (κ1) is 12.8. The summed E-state index contributed by atoms with van der Waals surface area (Å²) in [5.41, 5.74) is 7.20. The molecule has 1 nitrogen and oxygen atoms in total. The van der Waals surface area contributed by atoms with Crippen LogP contribution in [-0.4, -0.2) is 0 Å². The van der Waals surface area contributed by atoms with E-state index in [0.29, 0.717) is 0 Å². The third-order valence-electron chi connectivity index (χ3n) is 2.62. The third-order valence-corrected chi connectivity index (χ3v) is 2.62. The van der Waals surface area contributed by atoms with Gasteiger partial charge in [0.25, 0.3) is 0 Å². The van der Waals surface area contributed by atoms with Crippen molar-refractivity contribution in [2.45, 2.75) is 12.5 Å². The van der Waals surface area contributed by atoms with Crippen LogP contribution >= 0.6 is 12.4 Å². The lowest BCUT2D eigenvalue weighted by Crippen LogP contribution is -2.08. The molecule has 0 fully saturated rings. The van der Waals surface area contributed by atoms with Gasteiger partial charge in [0, 0.05) is 6.04 Å². The summed E-state index contributed by atoms with van der Waals surface area (Å²) in [4.78, 5) is 0. The summed E-state index contributed by atoms with van der Waals surface area (Å²) in [5, 5.41) is 2.50. The van der Waals surface area contributed by atoms with Gasteiger partial charge in [-0.2, -0.15) is 0 Å². The minimum Gasteiger partial charge on any atom is -0.324 e. The Morgan fingerprint density at radius 3 is 2.50 bits per heavy atom. The predicted molar refractivity (Wildman–Crippen MR) is 72.9 cm³/mol. The maximum Gasteiger partial charge on any atom is 0.0329 e. The van der Waals surface area contributed by atoms with Gasteiger partial charge in [0.1, 0.15) is 0 Å². The Bertz CT molecular complexity index is 479. The fraction of sp³-hybridized carbons (Fsp3) is 0.143. The fourth-order valence-electron chi connectivity index (χ4n) is 1.75. The standard InChI is InChI=1S/C14H15N.ClH/c1-2-5-14(15)13-9-8-11-6-3-4-7-12(11)10-13;/h2-4,6-10,14H,1,5,15H2;1H/t14-;/m1./s1. The van der Waals surface area contributed by atoms with Crippen LogP contribution < -0.4 is 5.73 Å². The SMILES string of the molecule is C=CC[C@@H](N)c1ccc2ccccc2c1.Cl. The van der Waals surface area contributed by atoms with Crippen LogP contribution in [0.5, 0.6) is 0 Å². The maximum atomic E-state index is 6.03. The van der Waals surface area contributed by atoms with Crippen LogP contribution in [-0.2, 0) is 0 Å². The van der Waals surface area contributed by atoms with E-state index in [0.717, 1.165) is 6.42 Å². The van der Waals surface area contributed by atoms with Gasteiger partial charge < -0.3 is 5.73 Å².